The molecule has 0 aliphatic carbocycles. The van der Waals surface area contributed by atoms with Crippen LogP contribution in [-0.4, -0.2) is 36.4 Å². The molecule has 1 aliphatic heterocycles. The van der Waals surface area contributed by atoms with Crippen LogP contribution in [0.2, 0.25) is 0 Å². The lowest BCUT2D eigenvalue weighted by Gasteiger charge is -2.10. The number of anilines is 1. The fraction of sp³-hybridized carbons (Fsp3) is 0.385. The summed E-state index contributed by atoms with van der Waals surface area (Å²) in [6, 6.07) is 7.67. The zero-order valence-corrected chi connectivity index (χ0v) is 11.2. The van der Waals surface area contributed by atoms with Gasteiger partial charge in [0.2, 0.25) is 0 Å². The number of hydrogen-bond acceptors (Lipinski definition) is 5. The van der Waals surface area contributed by atoms with Crippen molar-refractivity contribution >= 4 is 26.7 Å². The smallest absolute Gasteiger partial charge is 0.150 e. The predicted octanol–water partition coefficient (Wildman–Crippen LogP) is 1.48. The summed E-state index contributed by atoms with van der Waals surface area (Å²) in [5, 5.41) is 3.18. The number of benzene rings is 1. The number of rotatable bonds is 3. The van der Waals surface area contributed by atoms with Crippen molar-refractivity contribution in [2.75, 3.05) is 23.4 Å². The molecule has 1 unspecified atom stereocenters. The van der Waals surface area contributed by atoms with Crippen molar-refractivity contribution in [2.24, 2.45) is 5.92 Å². The molecule has 0 spiro atoms. The Morgan fingerprint density at radius 3 is 2.79 bits per heavy atom. The van der Waals surface area contributed by atoms with Gasteiger partial charge >= 0.3 is 0 Å². The normalized spacial score (nSPS) is 21.6. The Labute approximate surface area is 112 Å². The minimum absolute atomic E-state index is 0.179. The molecule has 3 rings (SSSR count). The molecule has 0 bridgehead atoms. The lowest BCUT2D eigenvalue weighted by Crippen LogP contribution is -2.16. The second kappa shape index (κ2) is 4.77. The molecular formula is C13H15N3O2S. The summed E-state index contributed by atoms with van der Waals surface area (Å²) in [5.41, 5.74) is 1.70. The van der Waals surface area contributed by atoms with E-state index in [4.69, 9.17) is 0 Å². The molecule has 1 aromatic carbocycles. The van der Waals surface area contributed by atoms with E-state index < -0.39 is 9.84 Å². The molecule has 6 heteroatoms. The fourth-order valence-electron chi connectivity index (χ4n) is 2.32. The van der Waals surface area contributed by atoms with Crippen LogP contribution in [0.15, 0.2) is 30.5 Å². The Balaban J connectivity index is 1.69. The van der Waals surface area contributed by atoms with Gasteiger partial charge in [0.05, 0.1) is 28.7 Å². The van der Waals surface area contributed by atoms with Crippen molar-refractivity contribution in [3.05, 3.63) is 30.5 Å². The topological polar surface area (TPSA) is 72.0 Å². The Morgan fingerprint density at radius 2 is 2.05 bits per heavy atom. The van der Waals surface area contributed by atoms with E-state index >= 15 is 0 Å². The van der Waals surface area contributed by atoms with Gasteiger partial charge in [-0.3, -0.25) is 4.98 Å². The molecule has 0 amide bonds. The van der Waals surface area contributed by atoms with Crippen LogP contribution in [0.4, 0.5) is 5.82 Å². The lowest BCUT2D eigenvalue weighted by molar-refractivity contribution is 0.595. The molecule has 2 aromatic rings. The molecule has 0 saturated carbocycles. The second-order valence-corrected chi connectivity index (χ2v) is 7.12. The van der Waals surface area contributed by atoms with E-state index in [1.807, 2.05) is 24.3 Å². The number of hydrogen-bond donors (Lipinski definition) is 1. The van der Waals surface area contributed by atoms with Gasteiger partial charge in [-0.25, -0.2) is 13.4 Å². The first-order chi connectivity index (χ1) is 9.12. The molecule has 1 aliphatic rings. The Morgan fingerprint density at radius 1 is 1.26 bits per heavy atom. The van der Waals surface area contributed by atoms with Gasteiger partial charge in [-0.15, -0.1) is 0 Å². The summed E-state index contributed by atoms with van der Waals surface area (Å²) < 4.78 is 22.7. The van der Waals surface area contributed by atoms with Crippen LogP contribution in [0, 0.1) is 5.92 Å². The molecule has 100 valence electrons. The van der Waals surface area contributed by atoms with Crippen LogP contribution in [0.3, 0.4) is 0 Å². The minimum Gasteiger partial charge on any atom is -0.368 e. The van der Waals surface area contributed by atoms with Crippen LogP contribution in [0.25, 0.3) is 11.0 Å². The number of para-hydroxylation sites is 2. The van der Waals surface area contributed by atoms with E-state index in [2.05, 4.69) is 15.3 Å². The van der Waals surface area contributed by atoms with Crippen molar-refractivity contribution in [1.82, 2.24) is 9.97 Å². The average molecular weight is 277 g/mol. The number of sulfone groups is 1. The van der Waals surface area contributed by atoms with E-state index in [-0.39, 0.29) is 11.7 Å². The van der Waals surface area contributed by atoms with Gasteiger partial charge in [0.25, 0.3) is 0 Å². The molecule has 1 aromatic heterocycles. The fourth-order valence-corrected chi connectivity index (χ4v) is 4.19. The van der Waals surface area contributed by atoms with Crippen LogP contribution in [0.5, 0.6) is 0 Å². The van der Waals surface area contributed by atoms with Gasteiger partial charge in [0, 0.05) is 6.54 Å². The molecule has 0 radical (unpaired) electrons. The number of fused-ring (bicyclic) bond motifs is 1. The van der Waals surface area contributed by atoms with Gasteiger partial charge in [-0.05, 0) is 24.5 Å². The van der Waals surface area contributed by atoms with Gasteiger partial charge in [-0.1, -0.05) is 12.1 Å². The standard InChI is InChI=1S/C13H15N3O2S/c17-19(18)6-5-10(9-19)7-15-13-8-14-11-3-1-2-4-12(11)16-13/h1-4,8,10H,5-7,9H2,(H,15,16). The summed E-state index contributed by atoms with van der Waals surface area (Å²) >= 11 is 0. The molecule has 19 heavy (non-hydrogen) atoms. The van der Waals surface area contributed by atoms with Crippen molar-refractivity contribution in [3.8, 4) is 0 Å². The second-order valence-electron chi connectivity index (χ2n) is 4.89. The van der Waals surface area contributed by atoms with Gasteiger partial charge in [-0.2, -0.15) is 0 Å². The Kier molecular flexibility index (Phi) is 3.10. The third-order valence-electron chi connectivity index (χ3n) is 3.35. The van der Waals surface area contributed by atoms with Crippen molar-refractivity contribution in [3.63, 3.8) is 0 Å². The van der Waals surface area contributed by atoms with Crippen LogP contribution < -0.4 is 5.32 Å². The van der Waals surface area contributed by atoms with Crippen molar-refractivity contribution in [1.29, 1.82) is 0 Å². The highest BCUT2D eigenvalue weighted by Gasteiger charge is 2.27. The van der Waals surface area contributed by atoms with Crippen LogP contribution in [-0.2, 0) is 9.84 Å². The minimum atomic E-state index is -2.81. The zero-order valence-electron chi connectivity index (χ0n) is 10.4. The van der Waals surface area contributed by atoms with E-state index in [1.54, 1.807) is 6.20 Å². The maximum absolute atomic E-state index is 11.4. The first-order valence-electron chi connectivity index (χ1n) is 6.28. The highest BCUT2D eigenvalue weighted by Crippen LogP contribution is 2.19. The molecule has 1 N–H and O–H groups in total. The maximum atomic E-state index is 11.4. The Hall–Kier alpha value is -1.69. The quantitative estimate of drug-likeness (QED) is 0.920. The average Bonchev–Trinajstić information content (AvgIpc) is 2.76. The summed E-state index contributed by atoms with van der Waals surface area (Å²) in [7, 11) is -2.81. The van der Waals surface area contributed by atoms with Gasteiger partial charge in [0.15, 0.2) is 9.84 Å². The molecule has 1 fully saturated rings. The summed E-state index contributed by atoms with van der Waals surface area (Å²) in [5.74, 6) is 1.46. The first kappa shape index (κ1) is 12.3. The van der Waals surface area contributed by atoms with E-state index in [0.717, 1.165) is 17.5 Å². The van der Waals surface area contributed by atoms with E-state index in [9.17, 15) is 8.42 Å². The predicted molar refractivity (Wildman–Crippen MR) is 74.8 cm³/mol. The van der Waals surface area contributed by atoms with Crippen molar-refractivity contribution < 1.29 is 8.42 Å². The zero-order chi connectivity index (χ0) is 13.3. The van der Waals surface area contributed by atoms with Crippen LogP contribution >= 0.6 is 0 Å². The molecule has 2 heterocycles. The molecule has 1 saturated heterocycles. The van der Waals surface area contributed by atoms with Gasteiger partial charge in [0.1, 0.15) is 5.82 Å². The molecule has 1 atom stereocenters. The SMILES string of the molecule is O=S1(=O)CCC(CNc2cnc3ccccc3n2)C1. The molecular weight excluding hydrogens is 262 g/mol. The van der Waals surface area contributed by atoms with E-state index in [1.165, 1.54) is 0 Å². The number of nitrogens with zero attached hydrogens (tertiary/aromatic N) is 2. The number of aromatic nitrogens is 2. The highest BCUT2D eigenvalue weighted by molar-refractivity contribution is 7.91. The summed E-state index contributed by atoms with van der Waals surface area (Å²) in [6.45, 7) is 0.631. The Bertz CT molecular complexity index is 700. The lowest BCUT2D eigenvalue weighted by atomic mass is 10.1. The molecule has 5 nitrogen and oxygen atoms in total. The first-order valence-corrected chi connectivity index (χ1v) is 8.11. The van der Waals surface area contributed by atoms with Crippen molar-refractivity contribution in [2.45, 2.75) is 6.42 Å². The third kappa shape index (κ3) is 2.84. The maximum Gasteiger partial charge on any atom is 0.150 e. The monoisotopic (exact) mass is 277 g/mol. The number of nitrogens with one attached hydrogen (secondary N) is 1. The van der Waals surface area contributed by atoms with Gasteiger partial charge < -0.3 is 5.32 Å². The largest absolute Gasteiger partial charge is 0.368 e. The van der Waals surface area contributed by atoms with Crippen LogP contribution in [0.1, 0.15) is 6.42 Å². The highest BCUT2D eigenvalue weighted by atomic mass is 32.2. The third-order valence-corrected chi connectivity index (χ3v) is 5.18. The summed E-state index contributed by atoms with van der Waals surface area (Å²) in [6.07, 6.45) is 2.42. The van der Waals surface area contributed by atoms with E-state index in [0.29, 0.717) is 18.1 Å². The summed E-state index contributed by atoms with van der Waals surface area (Å²) in [4.78, 5) is 8.76.